The summed E-state index contributed by atoms with van der Waals surface area (Å²) >= 11 is 0. The molecule has 0 saturated carbocycles. The molecule has 4 rings (SSSR count). The van der Waals surface area contributed by atoms with Gasteiger partial charge in [0.05, 0.1) is 37.6 Å². The van der Waals surface area contributed by atoms with Crippen molar-refractivity contribution in [2.75, 3.05) is 12.4 Å². The molecule has 1 N–H and O–H groups in total. The molecule has 0 aromatic carbocycles. The molecule has 4 aromatic heterocycles. The third-order valence-electron chi connectivity index (χ3n) is 4.20. The number of hydrogen-bond acceptors (Lipinski definition) is 7. The van der Waals surface area contributed by atoms with Crippen LogP contribution in [0.15, 0.2) is 41.2 Å². The van der Waals surface area contributed by atoms with Crippen LogP contribution < -0.4 is 10.1 Å². The molecule has 0 aliphatic carbocycles. The highest BCUT2D eigenvalue weighted by molar-refractivity contribution is 5.86. The largest absolute Gasteiger partial charge is 0.495 e. The fourth-order valence-electron chi connectivity index (χ4n) is 2.95. The van der Waals surface area contributed by atoms with Crippen molar-refractivity contribution in [3.05, 3.63) is 59.6 Å². The molecular formula is C19H20N6O2. The minimum absolute atomic E-state index is 0.523. The zero-order chi connectivity index (χ0) is 18.8. The molecule has 0 atom stereocenters. The number of rotatable bonds is 6. The lowest BCUT2D eigenvalue weighted by Gasteiger charge is -2.11. The van der Waals surface area contributed by atoms with Crippen molar-refractivity contribution in [1.82, 2.24) is 24.7 Å². The molecule has 4 heterocycles. The van der Waals surface area contributed by atoms with Crippen LogP contribution in [0.25, 0.3) is 11.0 Å². The first-order valence-corrected chi connectivity index (χ1v) is 8.61. The number of aromatic nitrogens is 5. The second-order valence-electron chi connectivity index (χ2n) is 6.27. The van der Waals surface area contributed by atoms with Crippen LogP contribution in [0.1, 0.15) is 23.0 Å². The first kappa shape index (κ1) is 17.0. The topological polar surface area (TPSA) is 90.9 Å². The van der Waals surface area contributed by atoms with Crippen LogP contribution in [0, 0.1) is 13.8 Å². The van der Waals surface area contributed by atoms with Crippen molar-refractivity contribution in [3.8, 4) is 5.75 Å². The molecule has 0 saturated heterocycles. The third kappa shape index (κ3) is 3.59. The molecule has 0 amide bonds. The van der Waals surface area contributed by atoms with E-state index in [1.807, 2.05) is 44.3 Å². The molecule has 0 bridgehead atoms. The van der Waals surface area contributed by atoms with Gasteiger partial charge in [-0.3, -0.25) is 4.98 Å². The van der Waals surface area contributed by atoms with Crippen LogP contribution in [-0.4, -0.2) is 31.8 Å². The van der Waals surface area contributed by atoms with Crippen molar-refractivity contribution in [2.45, 2.75) is 26.9 Å². The Bertz CT molecular complexity index is 1070. The van der Waals surface area contributed by atoms with E-state index in [9.17, 15) is 0 Å². The molecular weight excluding hydrogens is 344 g/mol. The Hall–Kier alpha value is -3.42. The molecule has 0 aliphatic rings. The highest BCUT2D eigenvalue weighted by Gasteiger charge is 2.12. The Labute approximate surface area is 156 Å². The zero-order valence-corrected chi connectivity index (χ0v) is 15.4. The van der Waals surface area contributed by atoms with E-state index in [1.165, 1.54) is 0 Å². The molecule has 0 radical (unpaired) electrons. The second-order valence-corrected chi connectivity index (χ2v) is 6.27. The molecule has 4 aromatic rings. The third-order valence-corrected chi connectivity index (χ3v) is 4.20. The average Bonchev–Trinajstić information content (AvgIpc) is 3.26. The van der Waals surface area contributed by atoms with E-state index in [4.69, 9.17) is 9.26 Å². The first-order valence-electron chi connectivity index (χ1n) is 8.61. The molecule has 8 nitrogen and oxygen atoms in total. The highest BCUT2D eigenvalue weighted by Crippen LogP contribution is 2.23. The number of aryl methyl sites for hydroxylation is 2. The van der Waals surface area contributed by atoms with Crippen LogP contribution in [0.2, 0.25) is 0 Å². The quantitative estimate of drug-likeness (QED) is 0.562. The summed E-state index contributed by atoms with van der Waals surface area (Å²) in [6, 6.07) is 7.74. The van der Waals surface area contributed by atoms with Gasteiger partial charge in [-0.1, -0.05) is 5.16 Å². The van der Waals surface area contributed by atoms with E-state index in [0.717, 1.165) is 39.7 Å². The number of anilines is 1. The van der Waals surface area contributed by atoms with Crippen molar-refractivity contribution >= 4 is 16.9 Å². The summed E-state index contributed by atoms with van der Waals surface area (Å²) in [5, 5.41) is 7.37. The summed E-state index contributed by atoms with van der Waals surface area (Å²) in [6.45, 7) is 4.89. The molecule has 0 unspecified atom stereocenters. The van der Waals surface area contributed by atoms with Crippen LogP contribution in [0.4, 0.5) is 5.82 Å². The van der Waals surface area contributed by atoms with E-state index in [2.05, 4.69) is 30.0 Å². The maximum atomic E-state index is 5.17. The van der Waals surface area contributed by atoms with Gasteiger partial charge in [-0.15, -0.1) is 0 Å². The van der Waals surface area contributed by atoms with Crippen LogP contribution in [-0.2, 0) is 13.1 Å². The molecule has 0 aliphatic heterocycles. The lowest BCUT2D eigenvalue weighted by molar-refractivity contribution is 0.391. The van der Waals surface area contributed by atoms with Gasteiger partial charge in [-0.05, 0) is 32.0 Å². The number of nitrogens with zero attached hydrogens (tertiary/aromatic N) is 5. The molecule has 0 fully saturated rings. The molecule has 27 heavy (non-hydrogen) atoms. The molecule has 0 spiro atoms. The Kier molecular flexibility index (Phi) is 4.45. The van der Waals surface area contributed by atoms with Gasteiger partial charge >= 0.3 is 0 Å². The van der Waals surface area contributed by atoms with Gasteiger partial charge in [0, 0.05) is 12.3 Å². The minimum atomic E-state index is 0.523. The summed E-state index contributed by atoms with van der Waals surface area (Å²) in [4.78, 5) is 13.6. The lowest BCUT2D eigenvalue weighted by atomic mass is 10.3. The number of ether oxygens (including phenoxy) is 1. The van der Waals surface area contributed by atoms with Crippen molar-refractivity contribution in [1.29, 1.82) is 0 Å². The Morgan fingerprint density at radius 2 is 2.04 bits per heavy atom. The average molecular weight is 364 g/mol. The predicted octanol–water partition coefficient (Wildman–Crippen LogP) is 3.10. The van der Waals surface area contributed by atoms with E-state index >= 15 is 0 Å². The van der Waals surface area contributed by atoms with Crippen molar-refractivity contribution < 1.29 is 9.26 Å². The summed E-state index contributed by atoms with van der Waals surface area (Å²) in [5.41, 5.74) is 3.56. The maximum absolute atomic E-state index is 5.17. The fraction of sp³-hybridized carbons (Fsp3) is 0.263. The summed E-state index contributed by atoms with van der Waals surface area (Å²) in [6.07, 6.45) is 3.71. The van der Waals surface area contributed by atoms with E-state index in [0.29, 0.717) is 18.9 Å². The first-order chi connectivity index (χ1) is 13.1. The number of nitrogens with one attached hydrogen (secondary N) is 1. The van der Waals surface area contributed by atoms with E-state index in [1.54, 1.807) is 13.3 Å². The maximum Gasteiger partial charge on any atom is 0.154 e. The number of pyridine rings is 1. The van der Waals surface area contributed by atoms with E-state index < -0.39 is 0 Å². The van der Waals surface area contributed by atoms with Crippen LogP contribution in [0.3, 0.4) is 0 Å². The Balaban J connectivity index is 1.64. The minimum Gasteiger partial charge on any atom is -0.495 e. The monoisotopic (exact) mass is 364 g/mol. The number of hydrogen-bond donors (Lipinski definition) is 1. The normalized spacial score (nSPS) is 11.1. The van der Waals surface area contributed by atoms with Gasteiger partial charge in [-0.25, -0.2) is 9.97 Å². The lowest BCUT2D eigenvalue weighted by Crippen LogP contribution is -2.08. The van der Waals surface area contributed by atoms with Crippen LogP contribution >= 0.6 is 0 Å². The number of fused-ring (bicyclic) bond motifs is 1. The fourth-order valence-corrected chi connectivity index (χ4v) is 2.95. The van der Waals surface area contributed by atoms with Crippen molar-refractivity contribution in [3.63, 3.8) is 0 Å². The van der Waals surface area contributed by atoms with Gasteiger partial charge in [-0.2, -0.15) is 0 Å². The SMILES string of the molecule is COc1ccc(Cn2ccc3nc(C)nc(NCc4cc(C)on4)c32)nc1. The molecule has 8 heteroatoms. The van der Waals surface area contributed by atoms with Gasteiger partial charge in [0.2, 0.25) is 0 Å². The van der Waals surface area contributed by atoms with Crippen molar-refractivity contribution in [2.24, 2.45) is 0 Å². The van der Waals surface area contributed by atoms with Gasteiger partial charge in [0.15, 0.2) is 5.82 Å². The summed E-state index contributed by atoms with van der Waals surface area (Å²) < 4.78 is 12.4. The van der Waals surface area contributed by atoms with E-state index in [-0.39, 0.29) is 0 Å². The Morgan fingerprint density at radius 3 is 2.74 bits per heavy atom. The van der Waals surface area contributed by atoms with Gasteiger partial charge in [0.1, 0.15) is 28.5 Å². The zero-order valence-electron chi connectivity index (χ0n) is 15.4. The standard InChI is InChI=1S/C19H20N6O2/c1-12-8-15(24-27-12)9-21-19-18-17(22-13(2)23-19)6-7-25(18)11-14-4-5-16(26-3)10-20-14/h4-8,10H,9,11H2,1-3H3,(H,21,22,23). The summed E-state index contributed by atoms with van der Waals surface area (Å²) in [5.74, 6) is 2.99. The van der Waals surface area contributed by atoms with Crippen LogP contribution in [0.5, 0.6) is 5.75 Å². The smallest absolute Gasteiger partial charge is 0.154 e. The van der Waals surface area contributed by atoms with Gasteiger partial charge in [0.25, 0.3) is 0 Å². The second kappa shape index (κ2) is 7.06. The van der Waals surface area contributed by atoms with Gasteiger partial charge < -0.3 is 19.1 Å². The molecule has 138 valence electrons. The number of methoxy groups -OCH3 is 1. The Morgan fingerprint density at radius 1 is 1.15 bits per heavy atom. The summed E-state index contributed by atoms with van der Waals surface area (Å²) in [7, 11) is 1.63. The predicted molar refractivity (Wildman–Crippen MR) is 101 cm³/mol. The highest BCUT2D eigenvalue weighted by atomic mass is 16.5.